The Morgan fingerprint density at radius 2 is 1.93 bits per heavy atom. The minimum absolute atomic E-state index is 0.0501. The second kappa shape index (κ2) is 3.24. The fraction of sp³-hybridized carbons (Fsp3) is 0.417. The summed E-state index contributed by atoms with van der Waals surface area (Å²) in [5, 5.41) is 0.720. The number of hydrogen-bond acceptors (Lipinski definition) is 1. The summed E-state index contributed by atoms with van der Waals surface area (Å²) in [6.07, 6.45) is 0. The third kappa shape index (κ3) is 1.63. The number of hydrogen-bond donors (Lipinski definition) is 0. The predicted octanol–water partition coefficient (Wildman–Crippen LogP) is 3.59. The van der Waals surface area contributed by atoms with Crippen molar-refractivity contribution in [3.63, 3.8) is 0 Å². The van der Waals surface area contributed by atoms with Crippen molar-refractivity contribution in [3.05, 3.63) is 34.7 Å². The number of rotatable bonds is 0. The normalized spacial score (nSPS) is 12.3. The maximum absolute atomic E-state index is 6.20. The highest BCUT2D eigenvalue weighted by Gasteiger charge is 2.22. The number of nitrogens with zero attached hydrogens (tertiary/aromatic N) is 2. The number of fused-ring (bicyclic) bond motifs is 1. The Kier molecular flexibility index (Phi) is 2.27. The highest BCUT2D eigenvalue weighted by atomic mass is 35.5. The van der Waals surface area contributed by atoms with Crippen molar-refractivity contribution in [3.8, 4) is 0 Å². The van der Waals surface area contributed by atoms with E-state index in [2.05, 4.69) is 25.8 Å². The molecule has 0 bridgehead atoms. The third-order valence-electron chi connectivity index (χ3n) is 2.48. The smallest absolute Gasteiger partial charge is 0.138 e. The van der Waals surface area contributed by atoms with Crippen molar-refractivity contribution in [2.75, 3.05) is 0 Å². The van der Waals surface area contributed by atoms with E-state index in [0.717, 1.165) is 16.5 Å². The SMILES string of the molecule is Cc1nc2cccc(Cl)n2c1C(C)(C)C. The topological polar surface area (TPSA) is 17.3 Å². The first-order valence-electron chi connectivity index (χ1n) is 5.05. The van der Waals surface area contributed by atoms with Crippen LogP contribution in [0.25, 0.3) is 5.65 Å². The molecule has 0 aromatic carbocycles. The molecule has 0 aliphatic rings. The molecule has 15 heavy (non-hydrogen) atoms. The Hall–Kier alpha value is -1.02. The number of imidazole rings is 1. The van der Waals surface area contributed by atoms with Gasteiger partial charge in [0.05, 0.1) is 11.4 Å². The second-order valence-electron chi connectivity index (χ2n) is 4.84. The molecule has 80 valence electrons. The van der Waals surface area contributed by atoms with Gasteiger partial charge in [-0.15, -0.1) is 0 Å². The minimum atomic E-state index is 0.0501. The first-order valence-corrected chi connectivity index (χ1v) is 5.43. The van der Waals surface area contributed by atoms with E-state index in [9.17, 15) is 0 Å². The van der Waals surface area contributed by atoms with Gasteiger partial charge in [0, 0.05) is 5.41 Å². The molecule has 2 heterocycles. The quantitative estimate of drug-likeness (QED) is 0.623. The molecule has 0 amide bonds. The van der Waals surface area contributed by atoms with Crippen LogP contribution in [0.3, 0.4) is 0 Å². The van der Waals surface area contributed by atoms with Crippen molar-refractivity contribution < 1.29 is 0 Å². The van der Waals surface area contributed by atoms with Gasteiger partial charge in [0.15, 0.2) is 0 Å². The summed E-state index contributed by atoms with van der Waals surface area (Å²) in [6.45, 7) is 8.55. The lowest BCUT2D eigenvalue weighted by molar-refractivity contribution is 0.559. The Labute approximate surface area is 94.9 Å². The number of halogens is 1. The van der Waals surface area contributed by atoms with Crippen LogP contribution in [-0.4, -0.2) is 9.38 Å². The Morgan fingerprint density at radius 1 is 1.27 bits per heavy atom. The van der Waals surface area contributed by atoms with E-state index in [1.54, 1.807) is 0 Å². The fourth-order valence-corrected chi connectivity index (χ4v) is 2.29. The van der Waals surface area contributed by atoms with Crippen molar-refractivity contribution >= 4 is 17.2 Å². The molecule has 3 heteroatoms. The standard InChI is InChI=1S/C12H15ClN2/c1-8-11(12(2,3)4)15-9(13)6-5-7-10(15)14-8/h5-7H,1-4H3. The predicted molar refractivity (Wildman–Crippen MR) is 63.6 cm³/mol. The van der Waals surface area contributed by atoms with Gasteiger partial charge in [-0.2, -0.15) is 0 Å². The molecule has 0 saturated heterocycles. The Bertz CT molecular complexity index is 506. The zero-order chi connectivity index (χ0) is 11.2. The molecule has 0 atom stereocenters. The highest BCUT2D eigenvalue weighted by Crippen LogP contribution is 2.28. The Balaban J connectivity index is 2.89. The van der Waals surface area contributed by atoms with Crippen molar-refractivity contribution in [1.29, 1.82) is 0 Å². The second-order valence-corrected chi connectivity index (χ2v) is 5.23. The van der Waals surface area contributed by atoms with Crippen LogP contribution in [0.5, 0.6) is 0 Å². The van der Waals surface area contributed by atoms with Crippen molar-refractivity contribution in [2.24, 2.45) is 0 Å². The van der Waals surface area contributed by atoms with Crippen molar-refractivity contribution in [1.82, 2.24) is 9.38 Å². The molecule has 0 N–H and O–H groups in total. The van der Waals surface area contributed by atoms with Crippen LogP contribution in [0.15, 0.2) is 18.2 Å². The average Bonchev–Trinajstić information content (AvgIpc) is 2.41. The summed E-state index contributed by atoms with van der Waals surface area (Å²) in [7, 11) is 0. The molecular weight excluding hydrogens is 208 g/mol. The van der Waals surface area contributed by atoms with Crippen LogP contribution in [0, 0.1) is 6.92 Å². The summed E-state index contributed by atoms with van der Waals surface area (Å²) >= 11 is 6.20. The molecule has 0 aliphatic carbocycles. The summed E-state index contributed by atoms with van der Waals surface area (Å²) in [5.41, 5.74) is 3.21. The van der Waals surface area contributed by atoms with Gasteiger partial charge in [0.2, 0.25) is 0 Å². The molecule has 0 aliphatic heterocycles. The lowest BCUT2D eigenvalue weighted by atomic mass is 9.91. The van der Waals surface area contributed by atoms with E-state index in [4.69, 9.17) is 11.6 Å². The van der Waals surface area contributed by atoms with Crippen LogP contribution in [0.2, 0.25) is 5.15 Å². The van der Waals surface area contributed by atoms with E-state index in [-0.39, 0.29) is 5.41 Å². The third-order valence-corrected chi connectivity index (χ3v) is 2.78. The van der Waals surface area contributed by atoms with Gasteiger partial charge in [0.25, 0.3) is 0 Å². The van der Waals surface area contributed by atoms with Gasteiger partial charge in [-0.1, -0.05) is 38.4 Å². The zero-order valence-electron chi connectivity index (χ0n) is 9.50. The molecule has 2 rings (SSSR count). The summed E-state index contributed by atoms with van der Waals surface area (Å²) < 4.78 is 2.02. The van der Waals surface area contributed by atoms with Crippen LogP contribution < -0.4 is 0 Å². The minimum Gasteiger partial charge on any atom is -0.286 e. The van der Waals surface area contributed by atoms with Gasteiger partial charge >= 0.3 is 0 Å². The lowest BCUT2D eigenvalue weighted by Crippen LogP contribution is -2.16. The van der Waals surface area contributed by atoms with E-state index in [1.807, 2.05) is 29.5 Å². The average molecular weight is 223 g/mol. The number of aromatic nitrogens is 2. The van der Waals surface area contributed by atoms with E-state index in [1.165, 1.54) is 5.69 Å². The van der Waals surface area contributed by atoms with Crippen LogP contribution in [0.1, 0.15) is 32.2 Å². The first kappa shape index (κ1) is 10.5. The van der Waals surface area contributed by atoms with Gasteiger partial charge in [-0.3, -0.25) is 4.40 Å². The molecule has 0 saturated carbocycles. The molecule has 2 aromatic rings. The largest absolute Gasteiger partial charge is 0.286 e. The summed E-state index contributed by atoms with van der Waals surface area (Å²) in [4.78, 5) is 4.52. The number of pyridine rings is 1. The summed E-state index contributed by atoms with van der Waals surface area (Å²) in [6, 6.07) is 5.80. The van der Waals surface area contributed by atoms with Crippen LogP contribution >= 0.6 is 11.6 Å². The van der Waals surface area contributed by atoms with Crippen LogP contribution in [0.4, 0.5) is 0 Å². The maximum Gasteiger partial charge on any atom is 0.138 e. The maximum atomic E-state index is 6.20. The zero-order valence-corrected chi connectivity index (χ0v) is 10.3. The van der Waals surface area contributed by atoms with Crippen LogP contribution in [-0.2, 0) is 5.41 Å². The molecule has 0 unspecified atom stereocenters. The van der Waals surface area contributed by atoms with E-state index in [0.29, 0.717) is 0 Å². The monoisotopic (exact) mass is 222 g/mol. The molecular formula is C12H15ClN2. The molecule has 0 fully saturated rings. The van der Waals surface area contributed by atoms with Crippen molar-refractivity contribution in [2.45, 2.75) is 33.1 Å². The van der Waals surface area contributed by atoms with E-state index < -0.39 is 0 Å². The molecule has 0 spiro atoms. The highest BCUT2D eigenvalue weighted by molar-refractivity contribution is 6.29. The number of aryl methyl sites for hydroxylation is 1. The van der Waals surface area contributed by atoms with Gasteiger partial charge in [-0.25, -0.2) is 4.98 Å². The lowest BCUT2D eigenvalue weighted by Gasteiger charge is -2.19. The first-order chi connectivity index (χ1) is 6.91. The van der Waals surface area contributed by atoms with Gasteiger partial charge in [0.1, 0.15) is 10.8 Å². The molecule has 0 radical (unpaired) electrons. The van der Waals surface area contributed by atoms with Gasteiger partial charge < -0.3 is 0 Å². The summed E-state index contributed by atoms with van der Waals surface area (Å²) in [5.74, 6) is 0. The molecule has 2 nitrogen and oxygen atoms in total. The van der Waals surface area contributed by atoms with E-state index >= 15 is 0 Å². The fourth-order valence-electron chi connectivity index (χ4n) is 2.05. The molecule has 2 aromatic heterocycles. The Morgan fingerprint density at radius 3 is 2.53 bits per heavy atom. The van der Waals surface area contributed by atoms with Gasteiger partial charge in [-0.05, 0) is 19.1 Å².